The first-order valence-corrected chi connectivity index (χ1v) is 7.53. The lowest BCUT2D eigenvalue weighted by Gasteiger charge is -2.17. The number of hydrogen-bond donors (Lipinski definition) is 1. The minimum atomic E-state index is -4.37. The normalized spacial score (nSPS) is 20.8. The van der Waals surface area contributed by atoms with Crippen molar-refractivity contribution < 1.29 is 26.4 Å². The zero-order valence-electron chi connectivity index (χ0n) is 10.5. The highest BCUT2D eigenvalue weighted by atomic mass is 32.2. The standard InChI is InChI=1S/C10H17F3N2O3S/c1-2-14-19(17,18)8-4-6-15(7-8)9(16)3-5-10(11,12)13/h8,14H,2-7H2,1H3. The van der Waals surface area contributed by atoms with Crippen LogP contribution in [0.2, 0.25) is 0 Å². The van der Waals surface area contributed by atoms with E-state index in [4.69, 9.17) is 0 Å². The first-order chi connectivity index (χ1) is 8.65. The average Bonchev–Trinajstić information content (AvgIpc) is 2.74. The van der Waals surface area contributed by atoms with E-state index in [0.717, 1.165) is 0 Å². The fourth-order valence-electron chi connectivity index (χ4n) is 1.93. The van der Waals surface area contributed by atoms with Crippen LogP contribution in [-0.2, 0) is 14.8 Å². The van der Waals surface area contributed by atoms with Crippen molar-refractivity contribution in [3.05, 3.63) is 0 Å². The molecule has 1 rings (SSSR count). The van der Waals surface area contributed by atoms with Crippen molar-refractivity contribution in [2.75, 3.05) is 19.6 Å². The van der Waals surface area contributed by atoms with Gasteiger partial charge < -0.3 is 4.90 Å². The fraction of sp³-hybridized carbons (Fsp3) is 0.900. The van der Waals surface area contributed by atoms with Gasteiger partial charge in [0, 0.05) is 26.1 Å². The minimum absolute atomic E-state index is 0.0357. The number of sulfonamides is 1. The van der Waals surface area contributed by atoms with Crippen LogP contribution in [-0.4, -0.2) is 50.3 Å². The molecule has 1 aliphatic heterocycles. The van der Waals surface area contributed by atoms with E-state index in [1.807, 2.05) is 0 Å². The molecule has 0 saturated carbocycles. The van der Waals surface area contributed by atoms with Crippen molar-refractivity contribution in [3.63, 3.8) is 0 Å². The Morgan fingerprint density at radius 3 is 2.58 bits per heavy atom. The molecule has 1 N–H and O–H groups in total. The first-order valence-electron chi connectivity index (χ1n) is 5.98. The van der Waals surface area contributed by atoms with Crippen LogP contribution in [0.25, 0.3) is 0 Å². The van der Waals surface area contributed by atoms with Crippen LogP contribution in [0, 0.1) is 0 Å². The van der Waals surface area contributed by atoms with Crippen molar-refractivity contribution in [2.24, 2.45) is 0 Å². The molecule has 1 heterocycles. The maximum Gasteiger partial charge on any atom is 0.389 e. The maximum atomic E-state index is 12.0. The molecular weight excluding hydrogens is 285 g/mol. The summed E-state index contributed by atoms with van der Waals surface area (Å²) in [6.45, 7) is 2.04. The van der Waals surface area contributed by atoms with Gasteiger partial charge in [0.2, 0.25) is 15.9 Å². The summed E-state index contributed by atoms with van der Waals surface area (Å²) in [6, 6.07) is 0. The van der Waals surface area contributed by atoms with Crippen LogP contribution < -0.4 is 4.72 Å². The Labute approximate surface area is 110 Å². The molecule has 19 heavy (non-hydrogen) atoms. The summed E-state index contributed by atoms with van der Waals surface area (Å²) in [6.07, 6.45) is -5.91. The van der Waals surface area contributed by atoms with Crippen LogP contribution in [0.15, 0.2) is 0 Å². The SMILES string of the molecule is CCNS(=O)(=O)C1CCN(C(=O)CCC(F)(F)F)C1. The van der Waals surface area contributed by atoms with Crippen molar-refractivity contribution in [1.29, 1.82) is 0 Å². The van der Waals surface area contributed by atoms with Gasteiger partial charge in [0.15, 0.2) is 0 Å². The van der Waals surface area contributed by atoms with Gasteiger partial charge in [-0.1, -0.05) is 6.92 Å². The third-order valence-corrected chi connectivity index (χ3v) is 4.86. The fourth-order valence-corrected chi connectivity index (χ4v) is 3.36. The third-order valence-electron chi connectivity index (χ3n) is 2.90. The first kappa shape index (κ1) is 16.2. The van der Waals surface area contributed by atoms with E-state index in [1.165, 1.54) is 4.90 Å². The second-order valence-corrected chi connectivity index (χ2v) is 6.45. The average molecular weight is 302 g/mol. The molecule has 5 nitrogen and oxygen atoms in total. The highest BCUT2D eigenvalue weighted by molar-refractivity contribution is 7.90. The number of nitrogens with one attached hydrogen (secondary N) is 1. The molecule has 0 aromatic heterocycles. The lowest BCUT2D eigenvalue weighted by molar-refractivity contribution is -0.148. The number of amides is 1. The quantitative estimate of drug-likeness (QED) is 0.819. The number of likely N-dealkylation sites (tertiary alicyclic amines) is 1. The van der Waals surface area contributed by atoms with Gasteiger partial charge in [-0.3, -0.25) is 4.79 Å². The number of alkyl halides is 3. The van der Waals surface area contributed by atoms with Crippen LogP contribution in [0.4, 0.5) is 13.2 Å². The van der Waals surface area contributed by atoms with Gasteiger partial charge in [0.25, 0.3) is 0 Å². The Bertz CT molecular complexity index is 422. The van der Waals surface area contributed by atoms with Crippen molar-refractivity contribution in [1.82, 2.24) is 9.62 Å². The second kappa shape index (κ2) is 6.08. The van der Waals surface area contributed by atoms with Crippen LogP contribution in [0.3, 0.4) is 0 Å². The molecular formula is C10H17F3N2O3S. The molecule has 1 saturated heterocycles. The topological polar surface area (TPSA) is 66.5 Å². The minimum Gasteiger partial charge on any atom is -0.341 e. The van der Waals surface area contributed by atoms with E-state index in [1.54, 1.807) is 6.92 Å². The Hall–Kier alpha value is -0.830. The summed E-state index contributed by atoms with van der Waals surface area (Å²) >= 11 is 0. The van der Waals surface area contributed by atoms with Crippen molar-refractivity contribution >= 4 is 15.9 Å². The number of rotatable bonds is 5. The van der Waals surface area contributed by atoms with E-state index in [0.29, 0.717) is 0 Å². The van der Waals surface area contributed by atoms with E-state index >= 15 is 0 Å². The molecule has 0 aromatic rings. The summed E-state index contributed by atoms with van der Waals surface area (Å²) in [5.74, 6) is -0.647. The predicted octanol–water partition coefficient (Wildman–Crippen LogP) is 0.869. The zero-order valence-corrected chi connectivity index (χ0v) is 11.4. The third kappa shape index (κ3) is 4.98. The molecule has 0 spiro atoms. The summed E-state index contributed by atoms with van der Waals surface area (Å²) in [7, 11) is -3.49. The van der Waals surface area contributed by atoms with E-state index in [2.05, 4.69) is 4.72 Å². The summed E-state index contributed by atoms with van der Waals surface area (Å²) in [5, 5.41) is -0.734. The smallest absolute Gasteiger partial charge is 0.341 e. The number of nitrogens with zero attached hydrogens (tertiary/aromatic N) is 1. The molecule has 9 heteroatoms. The molecule has 1 atom stereocenters. The molecule has 0 aliphatic carbocycles. The monoisotopic (exact) mass is 302 g/mol. The van der Waals surface area contributed by atoms with Crippen molar-refractivity contribution in [3.8, 4) is 0 Å². The largest absolute Gasteiger partial charge is 0.389 e. The van der Waals surface area contributed by atoms with Gasteiger partial charge in [-0.05, 0) is 6.42 Å². The van der Waals surface area contributed by atoms with Crippen LogP contribution >= 0.6 is 0 Å². The number of carbonyl (C=O) groups is 1. The highest BCUT2D eigenvalue weighted by Gasteiger charge is 2.36. The lowest BCUT2D eigenvalue weighted by Crippen LogP contribution is -2.37. The second-order valence-electron chi connectivity index (χ2n) is 4.41. The number of hydrogen-bond acceptors (Lipinski definition) is 3. The number of halogens is 3. The Morgan fingerprint density at radius 2 is 2.05 bits per heavy atom. The van der Waals surface area contributed by atoms with Crippen molar-refractivity contribution in [2.45, 2.75) is 37.6 Å². The van der Waals surface area contributed by atoms with Crippen LogP contribution in [0.1, 0.15) is 26.2 Å². The highest BCUT2D eigenvalue weighted by Crippen LogP contribution is 2.23. The van der Waals surface area contributed by atoms with E-state index in [9.17, 15) is 26.4 Å². The van der Waals surface area contributed by atoms with E-state index in [-0.39, 0.29) is 26.1 Å². The maximum absolute atomic E-state index is 12.0. The van der Waals surface area contributed by atoms with Gasteiger partial charge in [0.1, 0.15) is 0 Å². The molecule has 1 fully saturated rings. The van der Waals surface area contributed by atoms with Gasteiger partial charge in [-0.15, -0.1) is 0 Å². The Balaban J connectivity index is 2.50. The zero-order chi connectivity index (χ0) is 14.7. The predicted molar refractivity (Wildman–Crippen MR) is 62.9 cm³/mol. The number of carbonyl (C=O) groups excluding carboxylic acids is 1. The molecule has 1 unspecified atom stereocenters. The Morgan fingerprint density at radius 1 is 1.42 bits per heavy atom. The van der Waals surface area contributed by atoms with Crippen LogP contribution in [0.5, 0.6) is 0 Å². The lowest BCUT2D eigenvalue weighted by atomic mass is 10.3. The molecule has 1 amide bonds. The van der Waals surface area contributed by atoms with Gasteiger partial charge >= 0.3 is 6.18 Å². The van der Waals surface area contributed by atoms with E-state index < -0.39 is 40.2 Å². The van der Waals surface area contributed by atoms with Gasteiger partial charge in [-0.25, -0.2) is 13.1 Å². The van der Waals surface area contributed by atoms with Gasteiger partial charge in [0.05, 0.1) is 11.7 Å². The molecule has 0 aromatic carbocycles. The van der Waals surface area contributed by atoms with Gasteiger partial charge in [-0.2, -0.15) is 13.2 Å². The molecule has 0 radical (unpaired) electrons. The summed E-state index contributed by atoms with van der Waals surface area (Å²) in [5.41, 5.74) is 0. The summed E-state index contributed by atoms with van der Waals surface area (Å²) in [4.78, 5) is 12.7. The molecule has 0 bridgehead atoms. The Kier molecular flexibility index (Phi) is 5.19. The summed E-state index contributed by atoms with van der Waals surface area (Å²) < 4.78 is 61.7. The molecule has 112 valence electrons. The molecule has 1 aliphatic rings.